The molecule has 0 spiro atoms. The number of benzene rings is 1. The Balaban J connectivity index is 1.31. The number of fused-ring (bicyclic) bond motifs is 1. The third-order valence-corrected chi connectivity index (χ3v) is 5.79. The molecule has 30 heavy (non-hydrogen) atoms. The van der Waals surface area contributed by atoms with E-state index < -0.39 is 0 Å². The van der Waals surface area contributed by atoms with Gasteiger partial charge in [-0.2, -0.15) is 0 Å². The average Bonchev–Trinajstić information content (AvgIpc) is 3.13. The van der Waals surface area contributed by atoms with Crippen molar-refractivity contribution in [3.63, 3.8) is 0 Å². The number of nitrogens with zero attached hydrogens (tertiary/aromatic N) is 4. The fourth-order valence-corrected chi connectivity index (χ4v) is 3.86. The maximum Gasteiger partial charge on any atom is 0.229 e. The number of rotatable bonds is 4. The molecule has 2 N–H and O–H groups in total. The van der Waals surface area contributed by atoms with Crippen LogP contribution in [-0.4, -0.2) is 33.9 Å². The lowest BCUT2D eigenvalue weighted by Crippen LogP contribution is -2.37. The standard InChI is InChI=1S/C23H22FN5O/c24-17-4-2-15(3-5-17)20-7-6-19(25)21(27-20)11-23(30)29-13-16-10-18(28-8-1-9-28)12-26-22(16)14-29/h2-7,10,12H,1,8-9,11,13-14,25H2. The van der Waals surface area contributed by atoms with Crippen LogP contribution >= 0.6 is 0 Å². The predicted molar refractivity (Wildman–Crippen MR) is 113 cm³/mol. The van der Waals surface area contributed by atoms with E-state index >= 15 is 0 Å². The monoisotopic (exact) mass is 403 g/mol. The third-order valence-electron chi connectivity index (χ3n) is 5.79. The van der Waals surface area contributed by atoms with Crippen LogP contribution < -0.4 is 10.6 Å². The Kier molecular flexibility index (Phi) is 4.58. The molecule has 4 heterocycles. The molecule has 1 saturated heterocycles. The Morgan fingerprint density at radius 1 is 1.10 bits per heavy atom. The van der Waals surface area contributed by atoms with Gasteiger partial charge in [0.15, 0.2) is 0 Å². The molecule has 5 rings (SSSR count). The van der Waals surface area contributed by atoms with Gasteiger partial charge < -0.3 is 15.5 Å². The highest BCUT2D eigenvalue weighted by Gasteiger charge is 2.27. The van der Waals surface area contributed by atoms with Gasteiger partial charge in [-0.25, -0.2) is 4.39 Å². The van der Waals surface area contributed by atoms with E-state index in [9.17, 15) is 9.18 Å². The van der Waals surface area contributed by atoms with Crippen molar-refractivity contribution in [2.45, 2.75) is 25.9 Å². The van der Waals surface area contributed by atoms with E-state index in [4.69, 9.17) is 5.73 Å². The molecule has 7 heteroatoms. The molecule has 2 aliphatic heterocycles. The van der Waals surface area contributed by atoms with Crippen LogP contribution in [0.3, 0.4) is 0 Å². The smallest absolute Gasteiger partial charge is 0.229 e. The molecule has 2 aromatic heterocycles. The lowest BCUT2D eigenvalue weighted by molar-refractivity contribution is -0.131. The number of carbonyl (C=O) groups is 1. The van der Waals surface area contributed by atoms with Crippen LogP contribution in [0.5, 0.6) is 0 Å². The van der Waals surface area contributed by atoms with Gasteiger partial charge in [-0.15, -0.1) is 0 Å². The normalized spacial score (nSPS) is 15.1. The van der Waals surface area contributed by atoms with Crippen LogP contribution in [0.25, 0.3) is 11.3 Å². The average molecular weight is 403 g/mol. The molecule has 1 fully saturated rings. The second-order valence-electron chi connectivity index (χ2n) is 7.81. The van der Waals surface area contributed by atoms with Crippen LogP contribution in [0.4, 0.5) is 15.8 Å². The van der Waals surface area contributed by atoms with Gasteiger partial charge in [0, 0.05) is 25.2 Å². The number of hydrogen-bond acceptors (Lipinski definition) is 5. The van der Waals surface area contributed by atoms with Gasteiger partial charge in [-0.3, -0.25) is 14.8 Å². The molecule has 0 saturated carbocycles. The van der Waals surface area contributed by atoms with E-state index in [1.807, 2.05) is 6.20 Å². The minimum atomic E-state index is -0.302. The van der Waals surface area contributed by atoms with E-state index in [1.54, 1.807) is 29.2 Å². The molecule has 6 nitrogen and oxygen atoms in total. The summed E-state index contributed by atoms with van der Waals surface area (Å²) in [5, 5.41) is 0. The molecular formula is C23H22FN5O. The van der Waals surface area contributed by atoms with E-state index in [0.29, 0.717) is 30.2 Å². The van der Waals surface area contributed by atoms with E-state index in [2.05, 4.69) is 20.9 Å². The summed E-state index contributed by atoms with van der Waals surface area (Å²) in [4.78, 5) is 26.2. The van der Waals surface area contributed by atoms with Gasteiger partial charge in [-0.05, 0) is 54.4 Å². The molecule has 0 unspecified atom stereocenters. The maximum atomic E-state index is 13.2. The molecule has 1 amide bonds. The van der Waals surface area contributed by atoms with Crippen molar-refractivity contribution in [1.82, 2.24) is 14.9 Å². The number of halogens is 1. The number of pyridine rings is 2. The lowest BCUT2D eigenvalue weighted by Gasteiger charge is -2.33. The van der Waals surface area contributed by atoms with E-state index in [0.717, 1.165) is 35.6 Å². The molecular weight excluding hydrogens is 381 g/mol. The first-order valence-corrected chi connectivity index (χ1v) is 10.1. The zero-order valence-corrected chi connectivity index (χ0v) is 16.5. The van der Waals surface area contributed by atoms with Crippen LogP contribution in [0.2, 0.25) is 0 Å². The summed E-state index contributed by atoms with van der Waals surface area (Å²) in [5.41, 5.74) is 11.7. The number of nitrogens with two attached hydrogens (primary N) is 1. The first-order chi connectivity index (χ1) is 14.6. The van der Waals surface area contributed by atoms with Crippen LogP contribution in [0.1, 0.15) is 23.4 Å². The minimum absolute atomic E-state index is 0.0334. The first kappa shape index (κ1) is 18.5. The molecule has 0 aliphatic carbocycles. The molecule has 1 aromatic carbocycles. The van der Waals surface area contributed by atoms with Gasteiger partial charge >= 0.3 is 0 Å². The largest absolute Gasteiger partial charge is 0.397 e. The van der Waals surface area contributed by atoms with Crippen LogP contribution in [-0.2, 0) is 24.3 Å². The highest BCUT2D eigenvalue weighted by molar-refractivity contribution is 5.81. The molecule has 152 valence electrons. The second-order valence-corrected chi connectivity index (χ2v) is 7.81. The molecule has 0 radical (unpaired) electrons. The molecule has 3 aromatic rings. The number of hydrogen-bond donors (Lipinski definition) is 1. The van der Waals surface area contributed by atoms with Crippen molar-refractivity contribution in [3.05, 3.63) is 71.4 Å². The summed E-state index contributed by atoms with van der Waals surface area (Å²) >= 11 is 0. The predicted octanol–water partition coefficient (Wildman–Crippen LogP) is 3.16. The summed E-state index contributed by atoms with van der Waals surface area (Å²) in [6.45, 7) is 3.20. The first-order valence-electron chi connectivity index (χ1n) is 10.1. The van der Waals surface area contributed by atoms with Crippen molar-refractivity contribution >= 4 is 17.3 Å². The Labute approximate surface area is 174 Å². The van der Waals surface area contributed by atoms with Gasteiger partial charge in [0.05, 0.1) is 47.6 Å². The van der Waals surface area contributed by atoms with Crippen LogP contribution in [0, 0.1) is 5.82 Å². The highest BCUT2D eigenvalue weighted by atomic mass is 19.1. The topological polar surface area (TPSA) is 75.3 Å². The number of aromatic nitrogens is 2. The van der Waals surface area contributed by atoms with Crippen molar-refractivity contribution < 1.29 is 9.18 Å². The SMILES string of the molecule is Nc1ccc(-c2ccc(F)cc2)nc1CC(=O)N1Cc2cc(N3CCC3)cnc2C1. The van der Waals surface area contributed by atoms with Crippen molar-refractivity contribution in [1.29, 1.82) is 0 Å². The summed E-state index contributed by atoms with van der Waals surface area (Å²) < 4.78 is 13.2. The quantitative estimate of drug-likeness (QED) is 0.724. The third kappa shape index (κ3) is 3.47. The Hall–Kier alpha value is -3.48. The summed E-state index contributed by atoms with van der Waals surface area (Å²) in [6, 6.07) is 11.8. The summed E-state index contributed by atoms with van der Waals surface area (Å²) in [5.74, 6) is -0.335. The number of amides is 1. The fraction of sp³-hybridized carbons (Fsp3) is 0.261. The summed E-state index contributed by atoms with van der Waals surface area (Å²) in [6.07, 6.45) is 3.23. The van der Waals surface area contributed by atoms with Gasteiger partial charge in [0.2, 0.25) is 5.91 Å². The summed E-state index contributed by atoms with van der Waals surface area (Å²) in [7, 11) is 0. The van der Waals surface area contributed by atoms with Crippen molar-refractivity contribution in [2.75, 3.05) is 23.7 Å². The van der Waals surface area contributed by atoms with Gasteiger partial charge in [-0.1, -0.05) is 0 Å². The Morgan fingerprint density at radius 3 is 2.63 bits per heavy atom. The zero-order chi connectivity index (χ0) is 20.7. The van der Waals surface area contributed by atoms with Gasteiger partial charge in [0.1, 0.15) is 5.82 Å². The minimum Gasteiger partial charge on any atom is -0.397 e. The molecule has 2 aliphatic rings. The molecule has 0 bridgehead atoms. The lowest BCUT2D eigenvalue weighted by atomic mass is 10.1. The van der Waals surface area contributed by atoms with Gasteiger partial charge in [0.25, 0.3) is 0 Å². The Bertz CT molecular complexity index is 1110. The number of carbonyl (C=O) groups excluding carboxylic acids is 1. The van der Waals surface area contributed by atoms with E-state index in [-0.39, 0.29) is 18.1 Å². The second kappa shape index (κ2) is 7.40. The number of anilines is 2. The maximum absolute atomic E-state index is 13.2. The highest BCUT2D eigenvalue weighted by Crippen LogP contribution is 2.28. The zero-order valence-electron chi connectivity index (χ0n) is 16.5. The van der Waals surface area contributed by atoms with Crippen molar-refractivity contribution in [3.8, 4) is 11.3 Å². The van der Waals surface area contributed by atoms with Crippen molar-refractivity contribution in [2.24, 2.45) is 0 Å². The Morgan fingerprint density at radius 2 is 1.90 bits per heavy atom. The van der Waals surface area contributed by atoms with Crippen LogP contribution in [0.15, 0.2) is 48.7 Å². The molecule has 0 atom stereocenters. The van der Waals surface area contributed by atoms with E-state index in [1.165, 1.54) is 18.6 Å². The fourth-order valence-electron chi connectivity index (χ4n) is 3.86. The number of nitrogen functional groups attached to an aromatic ring is 1.